The van der Waals surface area contributed by atoms with Crippen LogP contribution >= 0.6 is 0 Å². The Balaban J connectivity index is -0.000000460. The van der Waals surface area contributed by atoms with Crippen molar-refractivity contribution >= 4 is 29.8 Å². The zero-order chi connectivity index (χ0) is 28.9. The summed E-state index contributed by atoms with van der Waals surface area (Å²) in [6, 6.07) is 0. The Labute approximate surface area is 215 Å². The summed E-state index contributed by atoms with van der Waals surface area (Å²) in [6.07, 6.45) is 3.83. The van der Waals surface area contributed by atoms with E-state index in [9.17, 15) is 24.0 Å². The molecule has 0 aromatic heterocycles. The highest BCUT2D eigenvalue weighted by molar-refractivity contribution is 5.93. The van der Waals surface area contributed by atoms with Gasteiger partial charge in [-0.15, -0.1) is 0 Å². The summed E-state index contributed by atoms with van der Waals surface area (Å²) >= 11 is 0. The zero-order valence-electron chi connectivity index (χ0n) is 23.3. The third-order valence-corrected chi connectivity index (χ3v) is 2.86. The number of amides is 1. The van der Waals surface area contributed by atoms with Gasteiger partial charge in [-0.25, -0.2) is 19.2 Å². The lowest BCUT2D eigenvalue weighted by atomic mass is 10.1. The van der Waals surface area contributed by atoms with Crippen molar-refractivity contribution in [2.75, 3.05) is 13.2 Å². The average molecular weight is 514 g/mol. The summed E-state index contributed by atoms with van der Waals surface area (Å²) < 4.78 is 18.6. The number of rotatable bonds is 9. The molecule has 1 amide bonds. The molecule has 0 aromatic carbocycles. The lowest BCUT2D eigenvalue weighted by molar-refractivity contribution is -0.144. The minimum Gasteiger partial charge on any atom is -0.463 e. The average Bonchev–Trinajstić information content (AvgIpc) is 2.70. The van der Waals surface area contributed by atoms with Crippen molar-refractivity contribution < 1.29 is 42.9 Å². The third kappa shape index (κ3) is 30.6. The highest BCUT2D eigenvalue weighted by Gasteiger charge is 2.13. The normalized spacial score (nSPS) is 10.6. The van der Waals surface area contributed by atoms with Crippen molar-refractivity contribution in [1.82, 2.24) is 5.32 Å². The summed E-state index contributed by atoms with van der Waals surface area (Å²) in [5, 5.41) is 2.78. The molecule has 0 fully saturated rings. The molecule has 0 aromatic rings. The largest absolute Gasteiger partial charge is 0.463 e. The van der Waals surface area contributed by atoms with Gasteiger partial charge < -0.3 is 24.3 Å². The maximum atomic E-state index is 10.9. The van der Waals surface area contributed by atoms with Gasteiger partial charge in [-0.1, -0.05) is 6.58 Å². The van der Waals surface area contributed by atoms with Gasteiger partial charge in [-0.2, -0.15) is 0 Å². The maximum absolute atomic E-state index is 10.9. The van der Waals surface area contributed by atoms with Crippen LogP contribution in [-0.2, 0) is 42.9 Å². The number of carbonyl (C=O) groups excluding carboxylic acids is 5. The van der Waals surface area contributed by atoms with E-state index in [0.29, 0.717) is 18.8 Å². The predicted octanol–water partition coefficient (Wildman–Crippen LogP) is 3.59. The molecule has 0 radical (unpaired) electrons. The summed E-state index contributed by atoms with van der Waals surface area (Å²) in [5.74, 6) is -2.23. The first-order chi connectivity index (χ1) is 16.4. The summed E-state index contributed by atoms with van der Waals surface area (Å²) in [7, 11) is 0. The molecule has 0 aliphatic heterocycles. The van der Waals surface area contributed by atoms with Gasteiger partial charge in [0.25, 0.3) is 0 Å². The minimum absolute atomic E-state index is 0.0764. The Kier molecular flexibility index (Phi) is 21.6. The predicted molar refractivity (Wildman–Crippen MR) is 137 cm³/mol. The molecule has 0 rings (SSSR count). The van der Waals surface area contributed by atoms with Crippen LogP contribution in [-0.4, -0.2) is 60.7 Å². The molecule has 0 aliphatic rings. The first-order valence-corrected chi connectivity index (χ1v) is 11.5. The van der Waals surface area contributed by atoms with E-state index < -0.39 is 23.9 Å². The molecule has 0 unspecified atom stereocenters. The first-order valence-electron chi connectivity index (χ1n) is 11.5. The highest BCUT2D eigenvalue weighted by Crippen LogP contribution is 2.00. The molecule has 1 N–H and O–H groups in total. The van der Waals surface area contributed by atoms with Gasteiger partial charge in [-0.05, 0) is 69.2 Å². The Hall–Kier alpha value is -3.43. The van der Waals surface area contributed by atoms with E-state index >= 15 is 0 Å². The third-order valence-electron chi connectivity index (χ3n) is 2.86. The standard InChI is InChI=1S/C10H16O4.C8H15NO.C8H12O4/c1-7(2)13-9(11)5-6-10(12)14-8(3)4;1-6(2)7(10)9-8(3,4)5;1-3-11-7(9)5-6-8(10)12-4-2/h5-8H,1-4H3;1H2,2-5H3,(H,9,10);5-6H,3-4H2,1-2H3/b6-5+;;6-5+. The Morgan fingerprint density at radius 3 is 1.22 bits per heavy atom. The second kappa shape index (κ2) is 20.9. The molecule has 0 spiro atoms. The second-order valence-corrected chi connectivity index (χ2v) is 8.63. The van der Waals surface area contributed by atoms with Crippen LogP contribution in [0.2, 0.25) is 0 Å². The summed E-state index contributed by atoms with van der Waals surface area (Å²) in [6.45, 7) is 22.0. The zero-order valence-corrected chi connectivity index (χ0v) is 23.3. The van der Waals surface area contributed by atoms with Crippen LogP contribution in [0.25, 0.3) is 0 Å². The molecule has 206 valence electrons. The van der Waals surface area contributed by atoms with Gasteiger partial charge in [0.1, 0.15) is 0 Å². The van der Waals surface area contributed by atoms with E-state index in [2.05, 4.69) is 21.4 Å². The fraction of sp³-hybridized carbons (Fsp3) is 0.577. The van der Waals surface area contributed by atoms with Gasteiger partial charge in [0.15, 0.2) is 0 Å². The molecule has 0 aliphatic carbocycles. The van der Waals surface area contributed by atoms with E-state index in [1.165, 1.54) is 0 Å². The SMILES string of the molecule is C=C(C)C(=O)NC(C)(C)C.CC(C)OC(=O)/C=C/C(=O)OC(C)C.CCOC(=O)/C=C/C(=O)OCC. The monoisotopic (exact) mass is 513 g/mol. The van der Waals surface area contributed by atoms with E-state index in [1.54, 1.807) is 48.5 Å². The Morgan fingerprint density at radius 1 is 0.722 bits per heavy atom. The number of carbonyl (C=O) groups is 5. The number of hydrogen-bond acceptors (Lipinski definition) is 9. The first kappa shape index (κ1) is 37.1. The van der Waals surface area contributed by atoms with Crippen molar-refractivity contribution in [2.45, 2.75) is 87.0 Å². The molecule has 0 saturated carbocycles. The van der Waals surface area contributed by atoms with Crippen molar-refractivity contribution in [3.8, 4) is 0 Å². The van der Waals surface area contributed by atoms with E-state index in [4.69, 9.17) is 9.47 Å². The van der Waals surface area contributed by atoms with Crippen LogP contribution < -0.4 is 5.32 Å². The molecule has 10 heteroatoms. The van der Waals surface area contributed by atoms with Gasteiger partial charge in [0, 0.05) is 35.4 Å². The van der Waals surface area contributed by atoms with Crippen molar-refractivity contribution in [3.63, 3.8) is 0 Å². The second-order valence-electron chi connectivity index (χ2n) is 8.63. The smallest absolute Gasteiger partial charge is 0.331 e. The van der Waals surface area contributed by atoms with E-state index in [1.807, 2.05) is 20.8 Å². The van der Waals surface area contributed by atoms with Crippen LogP contribution in [0.3, 0.4) is 0 Å². The Bertz CT molecular complexity index is 729. The highest BCUT2D eigenvalue weighted by atomic mass is 16.6. The quantitative estimate of drug-likeness (QED) is 0.279. The van der Waals surface area contributed by atoms with Crippen LogP contribution in [0.5, 0.6) is 0 Å². The number of esters is 4. The molecule has 10 nitrogen and oxygen atoms in total. The number of ether oxygens (including phenoxy) is 4. The van der Waals surface area contributed by atoms with Crippen LogP contribution in [0.1, 0.15) is 69.2 Å². The maximum Gasteiger partial charge on any atom is 0.331 e. The molecule has 36 heavy (non-hydrogen) atoms. The van der Waals surface area contributed by atoms with Crippen LogP contribution in [0.4, 0.5) is 0 Å². The molecule has 0 bridgehead atoms. The molecular formula is C26H43NO9. The number of nitrogens with one attached hydrogen (secondary N) is 1. The lowest BCUT2D eigenvalue weighted by Crippen LogP contribution is -2.40. The summed E-state index contributed by atoms with van der Waals surface area (Å²) in [4.78, 5) is 54.1. The van der Waals surface area contributed by atoms with Gasteiger partial charge in [0.2, 0.25) is 5.91 Å². The van der Waals surface area contributed by atoms with Crippen molar-refractivity contribution in [2.24, 2.45) is 0 Å². The summed E-state index contributed by atoms with van der Waals surface area (Å²) in [5.41, 5.74) is 0.394. The van der Waals surface area contributed by atoms with Crippen LogP contribution in [0.15, 0.2) is 36.5 Å². The fourth-order valence-electron chi connectivity index (χ4n) is 1.64. The topological polar surface area (TPSA) is 134 Å². The van der Waals surface area contributed by atoms with Crippen molar-refractivity contribution in [1.29, 1.82) is 0 Å². The van der Waals surface area contributed by atoms with Gasteiger partial charge in [-0.3, -0.25) is 4.79 Å². The fourth-order valence-corrected chi connectivity index (χ4v) is 1.64. The van der Waals surface area contributed by atoms with Crippen LogP contribution in [0, 0.1) is 0 Å². The molecule has 0 atom stereocenters. The van der Waals surface area contributed by atoms with Gasteiger partial charge in [0.05, 0.1) is 25.4 Å². The molecule has 0 heterocycles. The Morgan fingerprint density at radius 2 is 1.03 bits per heavy atom. The van der Waals surface area contributed by atoms with E-state index in [-0.39, 0.29) is 23.7 Å². The van der Waals surface area contributed by atoms with Gasteiger partial charge >= 0.3 is 23.9 Å². The lowest BCUT2D eigenvalue weighted by Gasteiger charge is -2.20. The van der Waals surface area contributed by atoms with Crippen molar-refractivity contribution in [3.05, 3.63) is 36.5 Å². The minimum atomic E-state index is -0.541. The molecule has 0 saturated heterocycles. The molecular weight excluding hydrogens is 470 g/mol. The van der Waals surface area contributed by atoms with E-state index in [0.717, 1.165) is 24.3 Å². The number of hydrogen-bond donors (Lipinski definition) is 1.